The van der Waals surface area contributed by atoms with Crippen molar-refractivity contribution >= 4 is 11.7 Å². The van der Waals surface area contributed by atoms with Crippen molar-refractivity contribution in [3.05, 3.63) is 0 Å². The largest absolute Gasteiger partial charge is 0.331 e. The normalized spacial score (nSPS) is 10.5. The van der Waals surface area contributed by atoms with Gasteiger partial charge in [-0.1, -0.05) is 39.3 Å². The molecule has 0 radical (unpaired) electrons. The lowest BCUT2D eigenvalue weighted by atomic mass is 10.1. The third-order valence-electron chi connectivity index (χ3n) is 1.15. The van der Waals surface area contributed by atoms with Crippen LogP contribution in [0, 0.1) is 5.92 Å². The maximum atomic E-state index is 10.2. The van der Waals surface area contributed by atoms with Gasteiger partial charge >= 0.3 is 5.97 Å². The Kier molecular flexibility index (Phi) is 10.4. The van der Waals surface area contributed by atoms with Crippen LogP contribution in [0.4, 0.5) is 0 Å². The number of rotatable bonds is 2. The van der Waals surface area contributed by atoms with E-state index in [0.29, 0.717) is 5.92 Å². The second kappa shape index (κ2) is 9.23. The maximum Gasteiger partial charge on any atom is 0.331 e. The third-order valence-corrected chi connectivity index (χ3v) is 1.15. The Morgan fingerprint density at radius 3 is 1.92 bits per heavy atom. The molecule has 0 aromatic carbocycles. The van der Waals surface area contributed by atoms with Gasteiger partial charge < -0.3 is 4.84 Å². The summed E-state index contributed by atoms with van der Waals surface area (Å²) in [4.78, 5) is 14.7. The van der Waals surface area contributed by atoms with E-state index in [9.17, 15) is 4.79 Å². The summed E-state index contributed by atoms with van der Waals surface area (Å²) in [6.07, 6.45) is 1.25. The first-order chi connectivity index (χ1) is 5.95. The van der Waals surface area contributed by atoms with Crippen molar-refractivity contribution in [2.24, 2.45) is 11.1 Å². The minimum Gasteiger partial charge on any atom is -0.319 e. The Morgan fingerprint density at radius 2 is 1.69 bits per heavy atom. The number of nitrogens with zero attached hydrogens (tertiary/aromatic N) is 1. The molecule has 0 spiro atoms. The first-order valence-corrected chi connectivity index (χ1v) is 4.67. The molecule has 3 heteroatoms. The quantitative estimate of drug-likeness (QED) is 0.378. The fourth-order valence-electron chi connectivity index (χ4n) is 0.242. The van der Waals surface area contributed by atoms with Crippen LogP contribution in [0.2, 0.25) is 0 Å². The zero-order chi connectivity index (χ0) is 10.9. The van der Waals surface area contributed by atoms with Gasteiger partial charge in [-0.05, 0) is 12.8 Å². The summed E-state index contributed by atoms with van der Waals surface area (Å²) in [5.74, 6) is -0.0423. The molecule has 13 heavy (non-hydrogen) atoms. The zero-order valence-electron chi connectivity index (χ0n) is 9.55. The molecule has 0 saturated heterocycles. The lowest BCUT2D eigenvalue weighted by Crippen LogP contribution is -2.04. The Labute approximate surface area is 81.2 Å². The van der Waals surface area contributed by atoms with Crippen LogP contribution in [0.5, 0.6) is 0 Å². The molecular formula is C10H21NO2. The fourth-order valence-corrected chi connectivity index (χ4v) is 0.242. The van der Waals surface area contributed by atoms with Crippen LogP contribution in [0.1, 0.15) is 48.0 Å². The maximum absolute atomic E-state index is 10.2. The van der Waals surface area contributed by atoms with E-state index in [1.807, 2.05) is 20.8 Å². The van der Waals surface area contributed by atoms with Crippen LogP contribution < -0.4 is 0 Å². The molecule has 0 amide bonds. The molecule has 0 atom stereocenters. The van der Waals surface area contributed by atoms with E-state index < -0.39 is 0 Å². The number of oxime groups is 1. The average Bonchev–Trinajstić information content (AvgIpc) is 2.01. The van der Waals surface area contributed by atoms with Crippen molar-refractivity contribution in [3.63, 3.8) is 0 Å². The number of hydrogen-bond donors (Lipinski definition) is 0. The number of carbonyl (C=O) groups excluding carboxylic acids is 1. The number of hydrogen-bond acceptors (Lipinski definition) is 3. The number of carbonyl (C=O) groups is 1. The molecule has 0 heterocycles. The summed E-state index contributed by atoms with van der Waals surface area (Å²) < 4.78 is 0. The average molecular weight is 187 g/mol. The predicted octanol–water partition coefficient (Wildman–Crippen LogP) is 3.00. The monoisotopic (exact) mass is 187 g/mol. The molecule has 0 aliphatic rings. The highest BCUT2D eigenvalue weighted by atomic mass is 16.7. The first-order valence-electron chi connectivity index (χ1n) is 4.67. The lowest BCUT2D eigenvalue weighted by molar-refractivity contribution is -0.140. The van der Waals surface area contributed by atoms with Gasteiger partial charge in [0.15, 0.2) is 0 Å². The van der Waals surface area contributed by atoms with Crippen molar-refractivity contribution in [3.8, 4) is 0 Å². The van der Waals surface area contributed by atoms with E-state index in [1.165, 1.54) is 13.3 Å². The van der Waals surface area contributed by atoms with Gasteiger partial charge in [0.25, 0.3) is 0 Å². The van der Waals surface area contributed by atoms with Crippen LogP contribution >= 0.6 is 0 Å². The van der Waals surface area contributed by atoms with Crippen LogP contribution in [0.15, 0.2) is 5.16 Å². The van der Waals surface area contributed by atoms with Gasteiger partial charge in [0, 0.05) is 6.92 Å². The van der Waals surface area contributed by atoms with Gasteiger partial charge in [-0.15, -0.1) is 0 Å². The van der Waals surface area contributed by atoms with Crippen molar-refractivity contribution < 1.29 is 9.63 Å². The second-order valence-electron chi connectivity index (χ2n) is 3.18. The van der Waals surface area contributed by atoms with Crippen molar-refractivity contribution in [2.75, 3.05) is 0 Å². The highest BCUT2D eigenvalue weighted by Crippen LogP contribution is 1.96. The van der Waals surface area contributed by atoms with Gasteiger partial charge in [-0.25, -0.2) is 4.79 Å². The summed E-state index contributed by atoms with van der Waals surface area (Å²) in [7, 11) is 0. The van der Waals surface area contributed by atoms with Gasteiger partial charge in [0.05, 0.1) is 5.71 Å². The zero-order valence-corrected chi connectivity index (χ0v) is 9.55. The Balaban J connectivity index is 0. The van der Waals surface area contributed by atoms with Gasteiger partial charge in [-0.2, -0.15) is 0 Å². The smallest absolute Gasteiger partial charge is 0.319 e. The summed E-state index contributed by atoms with van der Waals surface area (Å²) in [5, 5.41) is 3.59. The second-order valence-corrected chi connectivity index (χ2v) is 3.18. The minimum atomic E-state index is -0.375. The molecule has 0 aromatic heterocycles. The summed E-state index contributed by atoms with van der Waals surface area (Å²) in [6.45, 7) is 11.4. The topological polar surface area (TPSA) is 38.7 Å². The highest BCUT2D eigenvalue weighted by molar-refractivity contribution is 5.83. The fraction of sp³-hybridized carbons (Fsp3) is 0.800. The molecule has 0 saturated carbocycles. The SMILES string of the molecule is CC(=O)O/N=C(\C)C(C)C.CCC. The van der Waals surface area contributed by atoms with Crippen LogP contribution in [-0.2, 0) is 9.63 Å². The van der Waals surface area contributed by atoms with Crippen LogP contribution in [0.3, 0.4) is 0 Å². The Hall–Kier alpha value is -0.860. The highest BCUT2D eigenvalue weighted by Gasteiger charge is 1.98. The van der Waals surface area contributed by atoms with E-state index in [2.05, 4.69) is 23.8 Å². The molecule has 0 unspecified atom stereocenters. The van der Waals surface area contributed by atoms with E-state index in [4.69, 9.17) is 0 Å². The van der Waals surface area contributed by atoms with Crippen LogP contribution in [-0.4, -0.2) is 11.7 Å². The molecule has 3 nitrogen and oxygen atoms in total. The van der Waals surface area contributed by atoms with E-state index in [1.54, 1.807) is 0 Å². The van der Waals surface area contributed by atoms with Crippen LogP contribution in [0.25, 0.3) is 0 Å². The molecule has 0 aliphatic carbocycles. The third kappa shape index (κ3) is 14.0. The summed E-state index contributed by atoms with van der Waals surface area (Å²) in [5.41, 5.74) is 0.829. The molecule has 78 valence electrons. The van der Waals surface area contributed by atoms with Crippen molar-refractivity contribution in [1.82, 2.24) is 0 Å². The molecular weight excluding hydrogens is 166 g/mol. The Bertz CT molecular complexity index is 162. The van der Waals surface area contributed by atoms with E-state index in [0.717, 1.165) is 5.71 Å². The first kappa shape index (κ1) is 14.7. The standard InChI is InChI=1S/C7H13NO2.C3H8/c1-5(2)6(3)8-10-7(4)9;1-3-2/h5H,1-4H3;3H2,1-2H3/b8-6+;. The van der Waals surface area contributed by atoms with Crippen molar-refractivity contribution in [1.29, 1.82) is 0 Å². The molecule has 0 N–H and O–H groups in total. The minimum absolute atomic E-state index is 0.333. The van der Waals surface area contributed by atoms with E-state index >= 15 is 0 Å². The lowest BCUT2D eigenvalue weighted by Gasteiger charge is -2.00. The summed E-state index contributed by atoms with van der Waals surface area (Å²) >= 11 is 0. The molecule has 0 aliphatic heterocycles. The van der Waals surface area contributed by atoms with Crippen molar-refractivity contribution in [2.45, 2.75) is 48.0 Å². The Morgan fingerprint density at radius 1 is 1.31 bits per heavy atom. The molecule has 0 fully saturated rings. The van der Waals surface area contributed by atoms with Gasteiger partial charge in [-0.3, -0.25) is 0 Å². The summed E-state index contributed by atoms with van der Waals surface area (Å²) in [6, 6.07) is 0. The van der Waals surface area contributed by atoms with Gasteiger partial charge in [0.1, 0.15) is 0 Å². The van der Waals surface area contributed by atoms with E-state index in [-0.39, 0.29) is 5.97 Å². The molecule has 0 rings (SSSR count). The molecule has 0 bridgehead atoms. The predicted molar refractivity (Wildman–Crippen MR) is 55.7 cm³/mol. The molecule has 0 aromatic rings. The van der Waals surface area contributed by atoms with Gasteiger partial charge in [0.2, 0.25) is 0 Å².